The molecule has 31 rings (SSSR count). The Morgan fingerprint density at radius 1 is 0.107 bits per heavy atom. The molecule has 0 saturated carbocycles. The number of aryl methyl sites for hydroxylation is 2. The molecule has 0 unspecified atom stereocenters. The van der Waals surface area contributed by atoms with Gasteiger partial charge in [0, 0.05) is 0 Å². The predicted molar refractivity (Wildman–Crippen MR) is 607 cm³/mol. The smallest absolute Gasteiger partial charge is 0.00132 e. The molecular weight excluding hydrogens is 1680 g/mol. The Labute approximate surface area is 818 Å². The van der Waals surface area contributed by atoms with Crippen LogP contribution in [0.5, 0.6) is 0 Å². The number of hydrogen-bond donors (Lipinski definition) is 0. The summed E-state index contributed by atoms with van der Waals surface area (Å²) in [5.74, 6) is 0. The van der Waals surface area contributed by atoms with Crippen molar-refractivity contribution in [2.45, 2.75) is 25.7 Å². The maximum absolute atomic E-state index is 2.28. The Kier molecular flexibility index (Phi) is 25.8. The third kappa shape index (κ3) is 18.7. The SMILES string of the molecule is c1cc2ccc3cccc4ccc(c1)c2c34.c1cc2cccc3c4cccc5cccc(c(c1)c23)c54.c1ccc(-c2ccccc2)cc1.c1ccc2c(c1)CCc1ccccc1-2.c1ccc2c(c1)Cc1ccc3ccccc3c1-2.c1ccc2c(c1)Cc1ccccc1-2.c1ccc2c(c1)ccc1c3ccccc3ccc21.c1ccc2cc3ccccc3cc2c1.c1ccc2ccccc2c1.c1ccccc1. The first-order valence-corrected chi connectivity index (χ1v) is 48.8. The summed E-state index contributed by atoms with van der Waals surface area (Å²) in [6.45, 7) is 0. The van der Waals surface area contributed by atoms with Gasteiger partial charge in [-0.25, -0.2) is 0 Å². The van der Waals surface area contributed by atoms with E-state index in [9.17, 15) is 0 Å². The summed E-state index contributed by atoms with van der Waals surface area (Å²) in [5.41, 5.74) is 19.9. The lowest BCUT2D eigenvalue weighted by atomic mass is 9.86. The first-order valence-electron chi connectivity index (χ1n) is 48.8. The lowest BCUT2D eigenvalue weighted by Gasteiger charge is -2.19. The van der Waals surface area contributed by atoms with E-state index in [-0.39, 0.29) is 0 Å². The molecular formula is C140H102. The molecule has 0 aromatic heterocycles. The van der Waals surface area contributed by atoms with E-state index >= 15 is 0 Å². The average molecular weight is 1780 g/mol. The topological polar surface area (TPSA) is 0 Å². The van der Waals surface area contributed by atoms with E-state index in [0.717, 1.165) is 12.8 Å². The molecule has 0 atom stereocenters. The third-order valence-electron chi connectivity index (χ3n) is 27.6. The van der Waals surface area contributed by atoms with Crippen LogP contribution in [-0.4, -0.2) is 0 Å². The molecule has 0 amide bonds. The second-order valence-electron chi connectivity index (χ2n) is 36.1. The van der Waals surface area contributed by atoms with Crippen molar-refractivity contribution in [3.05, 3.63) is 604 Å². The Morgan fingerprint density at radius 3 is 0.693 bits per heavy atom. The molecule has 3 aliphatic rings. The van der Waals surface area contributed by atoms with E-state index in [1.54, 1.807) is 0 Å². The van der Waals surface area contributed by atoms with Crippen LogP contribution in [0, 0.1) is 0 Å². The van der Waals surface area contributed by atoms with E-state index in [0.29, 0.717) is 0 Å². The minimum Gasteiger partial charge on any atom is -0.0623 e. The normalized spacial score (nSPS) is 11.5. The van der Waals surface area contributed by atoms with Crippen LogP contribution in [0.2, 0.25) is 0 Å². The Morgan fingerprint density at radius 2 is 0.329 bits per heavy atom. The predicted octanol–water partition coefficient (Wildman–Crippen LogP) is 38.5. The molecule has 0 heterocycles. The maximum Gasteiger partial charge on any atom is -0.00132 e. The van der Waals surface area contributed by atoms with Gasteiger partial charge in [-0.1, -0.05) is 558 Å². The van der Waals surface area contributed by atoms with Gasteiger partial charge in [0.25, 0.3) is 0 Å². The van der Waals surface area contributed by atoms with Crippen LogP contribution in [-0.2, 0) is 25.7 Å². The van der Waals surface area contributed by atoms with Crippen LogP contribution in [0.1, 0.15) is 33.4 Å². The number of rotatable bonds is 1. The van der Waals surface area contributed by atoms with Crippen LogP contribution < -0.4 is 0 Å². The number of hydrogen-bond acceptors (Lipinski definition) is 0. The van der Waals surface area contributed by atoms with Gasteiger partial charge in [-0.2, -0.15) is 0 Å². The molecule has 0 heteroatoms. The van der Waals surface area contributed by atoms with Gasteiger partial charge in [0.2, 0.25) is 0 Å². The van der Waals surface area contributed by atoms with Gasteiger partial charge in [-0.05, 0) is 267 Å². The Hall–Kier alpha value is -17.7. The quantitative estimate of drug-likeness (QED) is 0.114. The Bertz CT molecular complexity index is 8490. The van der Waals surface area contributed by atoms with Gasteiger partial charge in [-0.15, -0.1) is 0 Å². The zero-order chi connectivity index (χ0) is 93.5. The van der Waals surface area contributed by atoms with Gasteiger partial charge >= 0.3 is 0 Å². The largest absolute Gasteiger partial charge is 0.0623 e. The molecule has 0 spiro atoms. The molecule has 0 N–H and O–H groups in total. The van der Waals surface area contributed by atoms with E-state index in [1.807, 2.05) is 48.5 Å². The van der Waals surface area contributed by atoms with E-state index in [1.165, 1.54) is 242 Å². The van der Waals surface area contributed by atoms with Crippen molar-refractivity contribution in [3.63, 3.8) is 0 Å². The fourth-order valence-electron chi connectivity index (χ4n) is 20.9. The molecule has 3 aliphatic carbocycles. The highest BCUT2D eigenvalue weighted by molar-refractivity contribution is 6.33. The van der Waals surface area contributed by atoms with Crippen molar-refractivity contribution in [1.82, 2.24) is 0 Å². The zero-order valence-electron chi connectivity index (χ0n) is 78.1. The molecule has 0 nitrogen and oxygen atoms in total. The summed E-state index contributed by atoms with van der Waals surface area (Å²) >= 11 is 0. The van der Waals surface area contributed by atoms with Gasteiger partial charge in [0.05, 0.1) is 0 Å². The summed E-state index contributed by atoms with van der Waals surface area (Å²) < 4.78 is 0. The highest BCUT2D eigenvalue weighted by Crippen LogP contribution is 2.44. The third-order valence-corrected chi connectivity index (χ3v) is 27.6. The monoisotopic (exact) mass is 1780 g/mol. The van der Waals surface area contributed by atoms with Gasteiger partial charge < -0.3 is 0 Å². The molecule has 0 fully saturated rings. The van der Waals surface area contributed by atoms with E-state index in [4.69, 9.17) is 0 Å². The molecule has 0 aliphatic heterocycles. The zero-order valence-corrected chi connectivity index (χ0v) is 78.1. The lowest BCUT2D eigenvalue weighted by Crippen LogP contribution is -2.02. The molecule has 140 heavy (non-hydrogen) atoms. The molecule has 28 aromatic carbocycles. The summed E-state index contributed by atoms with van der Waals surface area (Å²) in [6, 6.07) is 202. The summed E-state index contributed by atoms with van der Waals surface area (Å²) in [6.07, 6.45) is 4.56. The van der Waals surface area contributed by atoms with Crippen molar-refractivity contribution < 1.29 is 0 Å². The molecule has 0 radical (unpaired) electrons. The minimum absolute atomic E-state index is 1.08. The first-order chi connectivity index (χ1) is 69.5. The van der Waals surface area contributed by atoms with Crippen LogP contribution in [0.25, 0.3) is 195 Å². The minimum atomic E-state index is 1.08. The van der Waals surface area contributed by atoms with Crippen molar-refractivity contribution >= 4 is 151 Å². The summed E-state index contributed by atoms with van der Waals surface area (Å²) in [5, 5.41) is 37.6. The van der Waals surface area contributed by atoms with Crippen LogP contribution in [0.4, 0.5) is 0 Å². The molecule has 662 valence electrons. The van der Waals surface area contributed by atoms with Crippen molar-refractivity contribution in [1.29, 1.82) is 0 Å². The average Bonchev–Trinajstić information content (AvgIpc) is 0.852. The fraction of sp³-hybridized carbons (Fsp3) is 0.0286. The highest BCUT2D eigenvalue weighted by atomic mass is 14.3. The van der Waals surface area contributed by atoms with Crippen molar-refractivity contribution in [2.24, 2.45) is 0 Å². The molecule has 0 saturated heterocycles. The van der Waals surface area contributed by atoms with Gasteiger partial charge in [0.1, 0.15) is 0 Å². The second kappa shape index (κ2) is 41.3. The second-order valence-corrected chi connectivity index (χ2v) is 36.1. The van der Waals surface area contributed by atoms with Gasteiger partial charge in [-0.3, -0.25) is 0 Å². The summed E-state index contributed by atoms with van der Waals surface area (Å²) in [7, 11) is 0. The van der Waals surface area contributed by atoms with Crippen LogP contribution >= 0.6 is 0 Å². The van der Waals surface area contributed by atoms with E-state index < -0.39 is 0 Å². The summed E-state index contributed by atoms with van der Waals surface area (Å²) in [4.78, 5) is 0. The van der Waals surface area contributed by atoms with Crippen molar-refractivity contribution in [3.8, 4) is 44.5 Å². The van der Waals surface area contributed by atoms with Crippen LogP contribution in [0.15, 0.2) is 570 Å². The lowest BCUT2D eigenvalue weighted by molar-refractivity contribution is 0.942. The maximum atomic E-state index is 2.28. The van der Waals surface area contributed by atoms with Gasteiger partial charge in [0.15, 0.2) is 0 Å². The first kappa shape index (κ1) is 87.6. The highest BCUT2D eigenvalue weighted by Gasteiger charge is 2.22. The molecule has 0 bridgehead atoms. The standard InChI is InChI=1S/C20H12.C18H12.C17H12.C16H10.C14H12.C14H10.C13H10.C12H10.C10H8.C6H6/c1-5-13-6-2-11-17-18-12-4-8-14-7-3-10-16(20(14)18)15(9-1)19(13)17;1-3-7-15-13(5-1)9-11-18-16-8-4-2-6-14(16)10-12-17(15)18;1-3-7-15-12(5-1)9-10-14-11-13-6-2-4-8-16(13)17(14)15;1-3-11-7-9-13-5-2-6-14-10-8-12(4-1)15(11)16(13)14;1-3-7-13-11(5-1)9-10-12-6-2-4-8-14(12)13;1-2-6-12-10-14-8-4-3-7-13(14)9-11(12)5-1;1-3-7-12-10(5-1)9-11-6-2-4-8-13(11)12;1-3-7-11(8-4-1)12-9-5-2-6-10-12;1-2-6-10-8-4-3-7-9(10)5-1;1-2-4-6-5-3-1/h1-12H;1-12H;1-10H,11H2;1-10H;1-8H,9-10H2;1-10H;1-8H,9H2;1-10H;1-8H;1-6H. The van der Waals surface area contributed by atoms with Crippen molar-refractivity contribution in [2.75, 3.05) is 0 Å². The number of fused-ring (bicyclic) bond motifs is 21. The fourth-order valence-corrected chi connectivity index (χ4v) is 20.9. The Balaban J connectivity index is 0.0000000904. The van der Waals surface area contributed by atoms with Crippen LogP contribution in [0.3, 0.4) is 0 Å². The van der Waals surface area contributed by atoms with E-state index in [2.05, 4.69) is 522 Å². The molecule has 28 aromatic rings. The number of benzene rings is 28.